The van der Waals surface area contributed by atoms with E-state index < -0.39 is 44.4 Å². The van der Waals surface area contributed by atoms with Crippen molar-refractivity contribution in [2.75, 3.05) is 6.61 Å². The first-order chi connectivity index (χ1) is 24.2. The van der Waals surface area contributed by atoms with Crippen molar-refractivity contribution in [1.29, 1.82) is 0 Å². The maximum atomic E-state index is 12.6. The largest absolute Gasteiger partial charge is 0.743 e. The summed E-state index contributed by atoms with van der Waals surface area (Å²) in [7, 11) is -5.83. The SMILES string of the molecule is CCC(C)(C)C(=O)OC(C)(C)c1ccccc1.CCC(C)(C)C(=O)OCC(F)(F)S(=O)(=O)[O-].c1ccc([S+](c2ccccc2)c2ccccc2)cc1. The number of alkyl halides is 2. The Hall–Kier alpha value is -4.06. The molecule has 4 rings (SSSR count). The van der Waals surface area contributed by atoms with Crippen LogP contribution < -0.4 is 0 Å². The first-order valence-electron chi connectivity index (χ1n) is 16.9. The highest BCUT2D eigenvalue weighted by atomic mass is 32.2. The van der Waals surface area contributed by atoms with E-state index in [1.54, 1.807) is 6.92 Å². The van der Waals surface area contributed by atoms with Gasteiger partial charge in [-0.15, -0.1) is 0 Å². The molecule has 4 aromatic rings. The molecule has 0 amide bonds. The second-order valence-corrected chi connectivity index (χ2v) is 17.2. The normalized spacial score (nSPS) is 12.1. The van der Waals surface area contributed by atoms with Crippen molar-refractivity contribution >= 4 is 33.0 Å². The fourth-order valence-electron chi connectivity index (χ4n) is 4.05. The molecule has 0 spiro atoms. The Morgan fingerprint density at radius 2 is 0.942 bits per heavy atom. The predicted molar refractivity (Wildman–Crippen MR) is 201 cm³/mol. The van der Waals surface area contributed by atoms with Gasteiger partial charge in [-0.3, -0.25) is 9.59 Å². The molecule has 7 nitrogen and oxygen atoms in total. The Morgan fingerprint density at radius 1 is 0.615 bits per heavy atom. The maximum Gasteiger partial charge on any atom is 0.367 e. The third kappa shape index (κ3) is 13.2. The van der Waals surface area contributed by atoms with Gasteiger partial charge in [-0.1, -0.05) is 98.8 Å². The number of ether oxygens (including phenoxy) is 2. The molecule has 0 saturated heterocycles. The second kappa shape index (κ2) is 19.1. The molecule has 11 heteroatoms. The van der Waals surface area contributed by atoms with Gasteiger partial charge in [-0.25, -0.2) is 8.42 Å². The number of carbonyl (C=O) groups is 2. The van der Waals surface area contributed by atoms with E-state index in [4.69, 9.17) is 4.74 Å². The minimum Gasteiger partial charge on any atom is -0.743 e. The molecule has 0 heterocycles. The highest BCUT2D eigenvalue weighted by molar-refractivity contribution is 7.97. The lowest BCUT2D eigenvalue weighted by atomic mass is 9.89. The Bertz CT molecular complexity index is 1690. The average Bonchev–Trinajstić information content (AvgIpc) is 3.12. The number of esters is 2. The van der Waals surface area contributed by atoms with Crippen molar-refractivity contribution in [1.82, 2.24) is 0 Å². The predicted octanol–water partition coefficient (Wildman–Crippen LogP) is 9.79. The van der Waals surface area contributed by atoms with Gasteiger partial charge in [0.1, 0.15) is 5.60 Å². The molecule has 0 radical (unpaired) electrons. The van der Waals surface area contributed by atoms with Gasteiger partial charge in [0.15, 0.2) is 31.4 Å². The Kier molecular flexibility index (Phi) is 16.2. The van der Waals surface area contributed by atoms with Crippen molar-refractivity contribution in [2.45, 2.75) is 93.8 Å². The lowest BCUT2D eigenvalue weighted by molar-refractivity contribution is -0.168. The van der Waals surface area contributed by atoms with Crippen LogP contribution in [0.1, 0.15) is 73.8 Å². The van der Waals surface area contributed by atoms with Gasteiger partial charge < -0.3 is 14.0 Å². The Morgan fingerprint density at radius 3 is 1.27 bits per heavy atom. The highest BCUT2D eigenvalue weighted by Gasteiger charge is 2.41. The number of hydrogen-bond donors (Lipinski definition) is 0. The van der Waals surface area contributed by atoms with E-state index in [1.807, 2.05) is 65.0 Å². The molecule has 0 fully saturated rings. The van der Waals surface area contributed by atoms with Gasteiger partial charge in [-0.05, 0) is 96.3 Å². The molecule has 0 bridgehead atoms. The summed E-state index contributed by atoms with van der Waals surface area (Å²) < 4.78 is 65.2. The molecule has 282 valence electrons. The zero-order chi connectivity index (χ0) is 39.2. The summed E-state index contributed by atoms with van der Waals surface area (Å²) >= 11 is 0. The minimum atomic E-state index is -5.81. The van der Waals surface area contributed by atoms with Crippen LogP contribution in [0.4, 0.5) is 8.78 Å². The Balaban J connectivity index is 0.000000272. The second-order valence-electron chi connectivity index (χ2n) is 13.7. The van der Waals surface area contributed by atoms with Gasteiger partial charge in [0.05, 0.1) is 21.7 Å². The molecule has 0 aromatic heterocycles. The molecule has 0 N–H and O–H groups in total. The molecule has 0 aliphatic rings. The highest BCUT2D eigenvalue weighted by Crippen LogP contribution is 2.32. The van der Waals surface area contributed by atoms with Crippen LogP contribution >= 0.6 is 0 Å². The monoisotopic (exact) mass is 756 g/mol. The average molecular weight is 757 g/mol. The van der Waals surface area contributed by atoms with Crippen molar-refractivity contribution in [3.63, 3.8) is 0 Å². The van der Waals surface area contributed by atoms with Crippen LogP contribution in [0.5, 0.6) is 0 Å². The van der Waals surface area contributed by atoms with Crippen molar-refractivity contribution < 1.29 is 40.8 Å². The lowest BCUT2D eigenvalue weighted by Crippen LogP contribution is -2.37. The van der Waals surface area contributed by atoms with E-state index in [0.29, 0.717) is 6.42 Å². The summed E-state index contributed by atoms with van der Waals surface area (Å²) in [5.74, 6) is -1.12. The van der Waals surface area contributed by atoms with Crippen molar-refractivity contribution in [3.8, 4) is 0 Å². The van der Waals surface area contributed by atoms with Crippen LogP contribution in [0.15, 0.2) is 136 Å². The minimum absolute atomic E-state index is 0.0146. The van der Waals surface area contributed by atoms with E-state index in [0.717, 1.165) is 12.0 Å². The topological polar surface area (TPSA) is 110 Å². The fourth-order valence-corrected chi connectivity index (χ4v) is 6.36. The summed E-state index contributed by atoms with van der Waals surface area (Å²) in [5, 5.41) is -4.59. The van der Waals surface area contributed by atoms with E-state index in [9.17, 15) is 31.3 Å². The van der Waals surface area contributed by atoms with Crippen LogP contribution in [0, 0.1) is 10.8 Å². The number of benzene rings is 4. The van der Waals surface area contributed by atoms with Gasteiger partial charge in [-0.2, -0.15) is 8.78 Å². The van der Waals surface area contributed by atoms with E-state index in [1.165, 1.54) is 28.5 Å². The van der Waals surface area contributed by atoms with Crippen LogP contribution in [0.2, 0.25) is 0 Å². The van der Waals surface area contributed by atoms with Crippen LogP contribution in [0.3, 0.4) is 0 Å². The third-order valence-electron chi connectivity index (χ3n) is 8.36. The van der Waals surface area contributed by atoms with E-state index in [-0.39, 0.29) is 16.9 Å². The lowest BCUT2D eigenvalue weighted by Gasteiger charge is -2.30. The molecule has 52 heavy (non-hydrogen) atoms. The molecule has 0 saturated carbocycles. The fraction of sp³-hybridized carbons (Fsp3) is 0.366. The number of hydrogen-bond acceptors (Lipinski definition) is 7. The summed E-state index contributed by atoms with van der Waals surface area (Å²) in [6.45, 7) is 12.5. The van der Waals surface area contributed by atoms with Gasteiger partial charge in [0.2, 0.25) is 0 Å². The smallest absolute Gasteiger partial charge is 0.367 e. The van der Waals surface area contributed by atoms with Crippen molar-refractivity contribution in [3.05, 3.63) is 127 Å². The number of rotatable bonds is 12. The van der Waals surface area contributed by atoms with E-state index >= 15 is 0 Å². The quantitative estimate of drug-likeness (QED) is 0.0804. The van der Waals surface area contributed by atoms with Gasteiger partial charge >= 0.3 is 17.2 Å². The Labute approximate surface area is 310 Å². The van der Waals surface area contributed by atoms with Crippen LogP contribution in [-0.2, 0) is 45.7 Å². The molecule has 0 unspecified atom stereocenters. The molecular formula is C41H50F2O7S2. The van der Waals surface area contributed by atoms with Gasteiger partial charge in [0, 0.05) is 0 Å². The molecule has 0 aliphatic carbocycles. The molecule has 0 aliphatic heterocycles. The summed E-state index contributed by atoms with van der Waals surface area (Å²) in [5.41, 5.74) is -0.986. The first kappa shape index (κ1) is 44.1. The first-order valence-corrected chi connectivity index (χ1v) is 19.5. The molecular weight excluding hydrogens is 707 g/mol. The van der Waals surface area contributed by atoms with Gasteiger partial charge in [0.25, 0.3) is 0 Å². The molecule has 4 aromatic carbocycles. The number of halogens is 2. The van der Waals surface area contributed by atoms with Crippen molar-refractivity contribution in [2.24, 2.45) is 10.8 Å². The van der Waals surface area contributed by atoms with Crippen LogP contribution in [0.25, 0.3) is 0 Å². The summed E-state index contributed by atoms with van der Waals surface area (Å²) in [4.78, 5) is 27.4. The third-order valence-corrected chi connectivity index (χ3v) is 11.4. The standard InChI is InChI=1S/C18H15S.C15H22O2.C8H14F2O5S/c1-4-10-16(11-5-1)19(17-12-6-2-7-13-17)18-14-8-3-9-15-18;1-6-14(2,3)13(16)17-15(4,5)12-10-8-7-9-11-12;1-4-7(2,3)6(11)15-5-8(9,10)16(12,13)14/h1-15H;7-11H,6H2,1-5H3;4-5H2,1-3H3,(H,12,13,14)/q+1;;/p-1. The number of carbonyl (C=O) groups excluding carboxylic acids is 2. The maximum absolute atomic E-state index is 12.6. The van der Waals surface area contributed by atoms with E-state index in [2.05, 4.69) is 95.7 Å². The summed E-state index contributed by atoms with van der Waals surface area (Å²) in [6.07, 6.45) is 1.11. The zero-order valence-electron chi connectivity index (χ0n) is 31.1. The zero-order valence-corrected chi connectivity index (χ0v) is 32.7. The van der Waals surface area contributed by atoms with Crippen LogP contribution in [-0.4, -0.2) is 36.8 Å². The molecule has 0 atom stereocenters. The summed E-state index contributed by atoms with van der Waals surface area (Å²) in [6, 6.07) is 42.0.